The van der Waals surface area contributed by atoms with Gasteiger partial charge in [0.05, 0.1) is 13.1 Å². The minimum Gasteiger partial charge on any atom is -0.311 e. The largest absolute Gasteiger partial charge is 0.311 e. The van der Waals surface area contributed by atoms with Gasteiger partial charge in [-0.2, -0.15) is 0 Å². The Kier molecular flexibility index (Phi) is 4.63. The molecule has 0 saturated carbocycles. The summed E-state index contributed by atoms with van der Waals surface area (Å²) in [7, 11) is 0. The van der Waals surface area contributed by atoms with E-state index in [1.807, 2.05) is 0 Å². The van der Waals surface area contributed by atoms with Gasteiger partial charge < -0.3 is 4.48 Å². The number of halogens is 1. The molecule has 1 rings (SSSR count). The molecule has 0 heterocycles. The van der Waals surface area contributed by atoms with Gasteiger partial charge in [0.1, 0.15) is 12.0 Å². The van der Waals surface area contributed by atoms with Crippen molar-refractivity contribution in [1.82, 2.24) is 0 Å². The molecule has 0 aromatic heterocycles. The molecule has 1 aromatic carbocycles. The summed E-state index contributed by atoms with van der Waals surface area (Å²) in [4.78, 5) is 0. The van der Waals surface area contributed by atoms with E-state index in [2.05, 4.69) is 60.1 Å². The molecule has 0 N–H and O–H groups in total. The molecule has 0 aliphatic carbocycles. The second-order valence-electron chi connectivity index (χ2n) is 3.74. The van der Waals surface area contributed by atoms with E-state index in [1.54, 1.807) is 0 Å². The molecular formula is C12H19BrN+. The highest BCUT2D eigenvalue weighted by Crippen LogP contribution is 2.15. The molecule has 0 unspecified atom stereocenters. The highest BCUT2D eigenvalue weighted by Gasteiger charge is 2.21. The maximum Gasteiger partial charge on any atom is 0.134 e. The Bertz CT molecular complexity index is 246. The molecule has 0 atom stereocenters. The smallest absolute Gasteiger partial charge is 0.134 e. The number of benzene rings is 1. The van der Waals surface area contributed by atoms with Crippen molar-refractivity contribution in [3.63, 3.8) is 0 Å². The van der Waals surface area contributed by atoms with E-state index < -0.39 is 0 Å². The van der Waals surface area contributed by atoms with E-state index in [9.17, 15) is 0 Å². The highest BCUT2D eigenvalue weighted by atomic mass is 79.9. The predicted octanol–water partition coefficient (Wildman–Crippen LogP) is 3.40. The summed E-state index contributed by atoms with van der Waals surface area (Å²) >= 11 is 3.62. The summed E-state index contributed by atoms with van der Waals surface area (Å²) in [5.74, 6) is 0. The fraction of sp³-hybridized carbons (Fsp3) is 0.500. The normalized spacial score (nSPS) is 11.6. The molecule has 0 spiro atoms. The zero-order chi connectivity index (χ0) is 10.4. The molecule has 14 heavy (non-hydrogen) atoms. The number of alkyl halides is 1. The number of rotatable bonds is 5. The Hall–Kier alpha value is -0.340. The van der Waals surface area contributed by atoms with Gasteiger partial charge in [0.2, 0.25) is 0 Å². The topological polar surface area (TPSA) is 0 Å². The molecule has 0 aliphatic rings. The van der Waals surface area contributed by atoms with Crippen LogP contribution in [0.1, 0.15) is 19.4 Å². The van der Waals surface area contributed by atoms with Gasteiger partial charge in [-0.1, -0.05) is 30.3 Å². The van der Waals surface area contributed by atoms with Gasteiger partial charge in [0.15, 0.2) is 0 Å². The van der Waals surface area contributed by atoms with E-state index in [0.717, 1.165) is 16.5 Å². The van der Waals surface area contributed by atoms with Crippen LogP contribution in [0.25, 0.3) is 0 Å². The van der Waals surface area contributed by atoms with Gasteiger partial charge in [-0.25, -0.2) is 0 Å². The average molecular weight is 257 g/mol. The van der Waals surface area contributed by atoms with E-state index in [1.165, 1.54) is 18.7 Å². The number of hydrogen-bond donors (Lipinski definition) is 0. The molecule has 2 heteroatoms. The minimum absolute atomic E-state index is 1.04. The standard InChI is InChI=1S/C12H19BrN/c1-3-14(4-2,11-13)10-12-8-6-5-7-9-12/h5-9H,3-4,10-11H2,1-2H3/q+1. The Morgan fingerprint density at radius 3 is 2.07 bits per heavy atom. The lowest BCUT2D eigenvalue weighted by Crippen LogP contribution is -2.45. The summed E-state index contributed by atoms with van der Waals surface area (Å²) in [6.45, 7) is 7.99. The van der Waals surface area contributed by atoms with E-state index in [4.69, 9.17) is 0 Å². The molecular weight excluding hydrogens is 238 g/mol. The van der Waals surface area contributed by atoms with Crippen molar-refractivity contribution in [2.45, 2.75) is 20.4 Å². The first-order chi connectivity index (χ1) is 6.76. The molecule has 0 radical (unpaired) electrons. The summed E-state index contributed by atoms with van der Waals surface area (Å²) in [5, 5.41) is 0. The van der Waals surface area contributed by atoms with Crippen LogP contribution in [0, 0.1) is 0 Å². The third-order valence-electron chi connectivity index (χ3n) is 2.96. The molecule has 0 fully saturated rings. The Morgan fingerprint density at radius 1 is 1.07 bits per heavy atom. The van der Waals surface area contributed by atoms with Crippen LogP contribution in [-0.4, -0.2) is 23.0 Å². The Labute approximate surface area is 95.5 Å². The van der Waals surface area contributed by atoms with Crippen LogP contribution >= 0.6 is 15.9 Å². The monoisotopic (exact) mass is 256 g/mol. The summed E-state index contributed by atoms with van der Waals surface area (Å²) in [6, 6.07) is 10.7. The fourth-order valence-corrected chi connectivity index (χ4v) is 2.52. The van der Waals surface area contributed by atoms with Gasteiger partial charge in [-0.05, 0) is 29.8 Å². The van der Waals surface area contributed by atoms with Gasteiger partial charge in [0, 0.05) is 5.56 Å². The van der Waals surface area contributed by atoms with Crippen molar-refractivity contribution in [3.8, 4) is 0 Å². The second kappa shape index (κ2) is 5.52. The SMILES string of the molecule is CC[N+](CC)(CBr)Cc1ccccc1. The molecule has 0 amide bonds. The zero-order valence-corrected chi connectivity index (χ0v) is 10.6. The van der Waals surface area contributed by atoms with Crippen LogP contribution in [0.5, 0.6) is 0 Å². The lowest BCUT2D eigenvalue weighted by molar-refractivity contribution is -0.924. The summed E-state index contributed by atoms with van der Waals surface area (Å²) in [5.41, 5.74) is 2.46. The number of quaternary nitrogens is 1. The zero-order valence-electron chi connectivity index (χ0n) is 9.04. The first kappa shape index (κ1) is 11.7. The van der Waals surface area contributed by atoms with Crippen LogP contribution in [0.4, 0.5) is 0 Å². The second-order valence-corrected chi connectivity index (χ2v) is 4.24. The lowest BCUT2D eigenvalue weighted by atomic mass is 10.2. The molecule has 0 aliphatic heterocycles. The van der Waals surface area contributed by atoms with Crippen LogP contribution in [0.15, 0.2) is 30.3 Å². The predicted molar refractivity (Wildman–Crippen MR) is 65.3 cm³/mol. The third-order valence-corrected chi connectivity index (χ3v) is 4.02. The molecule has 0 saturated heterocycles. The van der Waals surface area contributed by atoms with Gasteiger partial charge in [-0.15, -0.1) is 0 Å². The van der Waals surface area contributed by atoms with E-state index in [0.29, 0.717) is 0 Å². The van der Waals surface area contributed by atoms with Crippen LogP contribution in [0.3, 0.4) is 0 Å². The quantitative estimate of drug-likeness (QED) is 0.431. The van der Waals surface area contributed by atoms with E-state index >= 15 is 0 Å². The minimum atomic E-state index is 1.04. The molecule has 1 nitrogen and oxygen atoms in total. The van der Waals surface area contributed by atoms with Gasteiger partial charge in [-0.3, -0.25) is 0 Å². The molecule has 0 bridgehead atoms. The van der Waals surface area contributed by atoms with Crippen molar-refractivity contribution in [1.29, 1.82) is 0 Å². The first-order valence-corrected chi connectivity index (χ1v) is 6.33. The van der Waals surface area contributed by atoms with Gasteiger partial charge >= 0.3 is 0 Å². The molecule has 78 valence electrons. The highest BCUT2D eigenvalue weighted by molar-refractivity contribution is 9.09. The van der Waals surface area contributed by atoms with Crippen LogP contribution in [0.2, 0.25) is 0 Å². The number of hydrogen-bond acceptors (Lipinski definition) is 0. The van der Waals surface area contributed by atoms with Crippen molar-refractivity contribution in [3.05, 3.63) is 35.9 Å². The van der Waals surface area contributed by atoms with Crippen molar-refractivity contribution >= 4 is 15.9 Å². The van der Waals surface area contributed by atoms with E-state index in [-0.39, 0.29) is 0 Å². The lowest BCUT2D eigenvalue weighted by Gasteiger charge is -2.34. The van der Waals surface area contributed by atoms with Crippen molar-refractivity contribution in [2.24, 2.45) is 0 Å². The fourth-order valence-electron chi connectivity index (χ4n) is 1.63. The van der Waals surface area contributed by atoms with Crippen LogP contribution < -0.4 is 0 Å². The number of nitrogens with zero attached hydrogens (tertiary/aromatic N) is 1. The maximum atomic E-state index is 3.62. The maximum absolute atomic E-state index is 3.62. The third kappa shape index (κ3) is 2.82. The first-order valence-electron chi connectivity index (χ1n) is 5.21. The molecule has 1 aromatic rings. The Balaban J connectivity index is 2.74. The average Bonchev–Trinajstić information content (AvgIpc) is 2.28. The van der Waals surface area contributed by atoms with Crippen LogP contribution in [-0.2, 0) is 6.54 Å². The van der Waals surface area contributed by atoms with Crippen molar-refractivity contribution < 1.29 is 4.48 Å². The summed E-state index contributed by atoms with van der Waals surface area (Å²) in [6.07, 6.45) is 0. The summed E-state index contributed by atoms with van der Waals surface area (Å²) < 4.78 is 1.12. The van der Waals surface area contributed by atoms with Crippen molar-refractivity contribution in [2.75, 3.05) is 18.5 Å². The Morgan fingerprint density at radius 2 is 1.64 bits per heavy atom. The van der Waals surface area contributed by atoms with Gasteiger partial charge in [0.25, 0.3) is 0 Å².